The van der Waals surface area contributed by atoms with Crippen LogP contribution in [0.1, 0.15) is 6.23 Å². The van der Waals surface area contributed by atoms with Crippen LogP contribution in [0.25, 0.3) is 0 Å². The summed E-state index contributed by atoms with van der Waals surface area (Å²) < 4.78 is 5.99. The van der Waals surface area contributed by atoms with Crippen LogP contribution in [-0.2, 0) is 4.74 Å². The van der Waals surface area contributed by atoms with Crippen LogP contribution < -0.4 is 17.0 Å². The predicted molar refractivity (Wildman–Crippen MR) is 58.7 cm³/mol. The lowest BCUT2D eigenvalue weighted by Gasteiger charge is -2.17. The molecule has 1 fully saturated rings. The molecule has 2 unspecified atom stereocenters. The first-order chi connectivity index (χ1) is 8.45. The Bertz CT molecular complexity index is 552. The van der Waals surface area contributed by atoms with E-state index in [0.717, 1.165) is 10.8 Å². The summed E-state index contributed by atoms with van der Waals surface area (Å²) in [4.78, 5) is 24.6. The molecule has 1 aliphatic heterocycles. The minimum Gasteiger partial charge on any atom is -0.394 e. The molecular formula is C9H13N3O6. The molecule has 9 heteroatoms. The second kappa shape index (κ2) is 4.53. The van der Waals surface area contributed by atoms with E-state index in [1.54, 1.807) is 0 Å². The summed E-state index contributed by atoms with van der Waals surface area (Å²) in [5.74, 6) is 0. The molecule has 18 heavy (non-hydrogen) atoms. The van der Waals surface area contributed by atoms with Crippen molar-refractivity contribution in [1.82, 2.24) is 9.55 Å². The van der Waals surface area contributed by atoms with E-state index in [2.05, 4.69) is 0 Å². The van der Waals surface area contributed by atoms with Gasteiger partial charge in [-0.1, -0.05) is 0 Å². The molecule has 0 spiro atoms. The van der Waals surface area contributed by atoms with Gasteiger partial charge in [0, 0.05) is 6.20 Å². The van der Waals surface area contributed by atoms with E-state index >= 15 is 0 Å². The van der Waals surface area contributed by atoms with Crippen molar-refractivity contribution in [1.29, 1.82) is 0 Å². The van der Waals surface area contributed by atoms with Crippen molar-refractivity contribution in [2.24, 2.45) is 0 Å². The number of hydrogen-bond donors (Lipinski definition) is 5. The molecule has 100 valence electrons. The van der Waals surface area contributed by atoms with Crippen LogP contribution in [0.5, 0.6) is 0 Å². The second-order valence-electron chi connectivity index (χ2n) is 3.98. The SMILES string of the molecule is Nc1cn([C@@H]2O[C@H](CO)C(O)C2O)c(=O)[nH]c1=O. The lowest BCUT2D eigenvalue weighted by molar-refractivity contribution is -0.0549. The average molecular weight is 259 g/mol. The minimum absolute atomic E-state index is 0.229. The number of nitrogen functional groups attached to an aromatic ring is 1. The van der Waals surface area contributed by atoms with Gasteiger partial charge in [0.05, 0.1) is 6.61 Å². The van der Waals surface area contributed by atoms with Crippen LogP contribution >= 0.6 is 0 Å². The zero-order valence-electron chi connectivity index (χ0n) is 9.18. The lowest BCUT2D eigenvalue weighted by atomic mass is 10.1. The molecule has 0 aliphatic carbocycles. The summed E-state index contributed by atoms with van der Waals surface area (Å²) >= 11 is 0. The molecule has 0 radical (unpaired) electrons. The van der Waals surface area contributed by atoms with Crippen molar-refractivity contribution in [3.8, 4) is 0 Å². The molecule has 0 bridgehead atoms. The number of aromatic nitrogens is 2. The van der Waals surface area contributed by atoms with E-state index in [1.165, 1.54) is 0 Å². The first kappa shape index (κ1) is 12.8. The number of anilines is 1. The molecule has 2 rings (SSSR count). The maximum absolute atomic E-state index is 11.5. The summed E-state index contributed by atoms with van der Waals surface area (Å²) in [6.45, 7) is -0.512. The molecule has 4 atom stereocenters. The van der Waals surface area contributed by atoms with Gasteiger partial charge in [-0.2, -0.15) is 0 Å². The minimum atomic E-state index is -1.41. The van der Waals surface area contributed by atoms with Crippen molar-refractivity contribution in [3.05, 3.63) is 27.0 Å². The van der Waals surface area contributed by atoms with E-state index < -0.39 is 42.4 Å². The Morgan fingerprint density at radius 3 is 2.61 bits per heavy atom. The predicted octanol–water partition coefficient (Wildman–Crippen LogP) is -3.27. The third-order valence-electron chi connectivity index (χ3n) is 2.79. The fourth-order valence-electron chi connectivity index (χ4n) is 1.80. The summed E-state index contributed by atoms with van der Waals surface area (Å²) in [5.41, 5.74) is 3.55. The molecule has 0 saturated carbocycles. The van der Waals surface area contributed by atoms with Crippen LogP contribution in [0.4, 0.5) is 5.69 Å². The van der Waals surface area contributed by atoms with Crippen molar-refractivity contribution in [2.45, 2.75) is 24.5 Å². The van der Waals surface area contributed by atoms with Crippen LogP contribution in [0, 0.1) is 0 Å². The van der Waals surface area contributed by atoms with Gasteiger partial charge in [-0.3, -0.25) is 14.3 Å². The highest BCUT2D eigenvalue weighted by atomic mass is 16.6. The fraction of sp³-hybridized carbons (Fsp3) is 0.556. The van der Waals surface area contributed by atoms with E-state index in [-0.39, 0.29) is 5.69 Å². The Labute approximate surface area is 100 Å². The summed E-state index contributed by atoms with van der Waals surface area (Å²) in [6.07, 6.45) is -3.96. The number of rotatable bonds is 2. The number of nitrogens with one attached hydrogen (secondary N) is 1. The van der Waals surface area contributed by atoms with Gasteiger partial charge in [0.15, 0.2) is 6.23 Å². The van der Waals surface area contributed by atoms with Gasteiger partial charge in [-0.05, 0) is 0 Å². The fourth-order valence-corrected chi connectivity index (χ4v) is 1.80. The molecule has 1 aliphatic rings. The first-order valence-electron chi connectivity index (χ1n) is 5.19. The van der Waals surface area contributed by atoms with Crippen molar-refractivity contribution in [3.63, 3.8) is 0 Å². The van der Waals surface area contributed by atoms with Crippen LogP contribution in [-0.4, -0.2) is 49.8 Å². The van der Waals surface area contributed by atoms with E-state index in [1.807, 2.05) is 4.98 Å². The maximum atomic E-state index is 11.5. The quantitative estimate of drug-likeness (QED) is 0.373. The summed E-state index contributed by atoms with van der Waals surface area (Å²) in [5, 5.41) is 28.2. The van der Waals surface area contributed by atoms with Crippen molar-refractivity contribution < 1.29 is 20.1 Å². The molecule has 1 saturated heterocycles. The zero-order valence-corrected chi connectivity index (χ0v) is 9.18. The molecular weight excluding hydrogens is 246 g/mol. The highest BCUT2D eigenvalue weighted by Crippen LogP contribution is 2.27. The van der Waals surface area contributed by atoms with E-state index in [4.69, 9.17) is 15.6 Å². The smallest absolute Gasteiger partial charge is 0.330 e. The van der Waals surface area contributed by atoms with Crippen LogP contribution in [0.2, 0.25) is 0 Å². The molecule has 0 aromatic carbocycles. The Kier molecular flexibility index (Phi) is 3.22. The number of aromatic amines is 1. The highest BCUT2D eigenvalue weighted by molar-refractivity contribution is 5.30. The second-order valence-corrected chi connectivity index (χ2v) is 3.98. The topological polar surface area (TPSA) is 151 Å². The maximum Gasteiger partial charge on any atom is 0.330 e. The molecule has 1 aromatic heterocycles. The lowest BCUT2D eigenvalue weighted by Crippen LogP contribution is -2.38. The van der Waals surface area contributed by atoms with Gasteiger partial charge in [-0.25, -0.2) is 4.79 Å². The van der Waals surface area contributed by atoms with Gasteiger partial charge < -0.3 is 25.8 Å². The van der Waals surface area contributed by atoms with Crippen LogP contribution in [0.3, 0.4) is 0 Å². The highest BCUT2D eigenvalue weighted by Gasteiger charge is 2.43. The van der Waals surface area contributed by atoms with Gasteiger partial charge in [0.2, 0.25) is 0 Å². The number of ether oxygens (including phenoxy) is 1. The van der Waals surface area contributed by atoms with Gasteiger partial charge in [-0.15, -0.1) is 0 Å². The Balaban J connectivity index is 2.42. The third-order valence-corrected chi connectivity index (χ3v) is 2.79. The molecule has 9 nitrogen and oxygen atoms in total. The number of H-pyrrole nitrogens is 1. The Hall–Kier alpha value is -1.68. The monoisotopic (exact) mass is 259 g/mol. The number of aliphatic hydroxyl groups is 3. The van der Waals surface area contributed by atoms with Gasteiger partial charge in [0.1, 0.15) is 24.0 Å². The largest absolute Gasteiger partial charge is 0.394 e. The Morgan fingerprint density at radius 2 is 2.06 bits per heavy atom. The van der Waals surface area contributed by atoms with Crippen molar-refractivity contribution in [2.75, 3.05) is 12.3 Å². The van der Waals surface area contributed by atoms with E-state index in [0.29, 0.717) is 0 Å². The summed E-state index contributed by atoms with van der Waals surface area (Å²) in [6, 6.07) is 0. The number of aliphatic hydroxyl groups excluding tert-OH is 3. The van der Waals surface area contributed by atoms with Gasteiger partial charge in [0.25, 0.3) is 5.56 Å². The zero-order chi connectivity index (χ0) is 13.4. The molecule has 2 heterocycles. The first-order valence-corrected chi connectivity index (χ1v) is 5.19. The standard InChI is InChI=1S/C9H13N3O6/c10-3-1-12(9(17)11-7(3)16)8-6(15)5(14)4(2-13)18-8/h1,4-6,8,13-15H,2,10H2,(H,11,16,17)/t4-,5?,6?,8-/m1/s1. The van der Waals surface area contributed by atoms with Crippen LogP contribution in [0.15, 0.2) is 15.8 Å². The molecule has 6 N–H and O–H groups in total. The molecule has 0 amide bonds. The summed E-state index contributed by atoms with van der Waals surface area (Å²) in [7, 11) is 0. The van der Waals surface area contributed by atoms with Crippen molar-refractivity contribution >= 4 is 5.69 Å². The van der Waals surface area contributed by atoms with E-state index in [9.17, 15) is 19.8 Å². The number of nitrogens with two attached hydrogens (primary N) is 1. The number of hydrogen-bond acceptors (Lipinski definition) is 7. The average Bonchev–Trinajstić information content (AvgIpc) is 2.61. The number of nitrogens with zero attached hydrogens (tertiary/aromatic N) is 1. The third kappa shape index (κ3) is 1.93. The normalized spacial score (nSPS) is 31.7. The Morgan fingerprint density at radius 1 is 1.39 bits per heavy atom. The molecule has 1 aromatic rings. The van der Waals surface area contributed by atoms with Gasteiger partial charge >= 0.3 is 5.69 Å².